The van der Waals surface area contributed by atoms with Crippen molar-refractivity contribution in [1.82, 2.24) is 45.1 Å². The summed E-state index contributed by atoms with van der Waals surface area (Å²) >= 11 is 0. The van der Waals surface area contributed by atoms with Crippen LogP contribution in [0.1, 0.15) is 42.3 Å². The van der Waals surface area contributed by atoms with E-state index in [2.05, 4.69) is 80.8 Å². The zero-order chi connectivity index (χ0) is 31.7. The number of benzene rings is 2. The maximum atomic E-state index is 13.0. The van der Waals surface area contributed by atoms with Crippen LogP contribution in [0.4, 0.5) is 0 Å². The van der Waals surface area contributed by atoms with Gasteiger partial charge in [0.25, 0.3) is 5.91 Å². The van der Waals surface area contributed by atoms with Gasteiger partial charge in [0.15, 0.2) is 5.65 Å². The fourth-order valence-electron chi connectivity index (χ4n) is 5.44. The summed E-state index contributed by atoms with van der Waals surface area (Å²) in [6.45, 7) is 6.69. The number of carbonyl (C=O) groups is 2. The first kappa shape index (κ1) is 29.5. The van der Waals surface area contributed by atoms with E-state index in [1.54, 1.807) is 24.2 Å². The van der Waals surface area contributed by atoms with Gasteiger partial charge >= 0.3 is 0 Å². The molecule has 0 radical (unpaired) electrons. The lowest BCUT2D eigenvalue weighted by Gasteiger charge is -2.37. The van der Waals surface area contributed by atoms with Crippen molar-refractivity contribution in [3.8, 4) is 17.5 Å². The average molecular weight is 603 g/mol. The Bertz CT molecular complexity index is 2080. The number of hydrogen-bond acceptors (Lipinski definition) is 7. The third-order valence-corrected chi connectivity index (χ3v) is 8.20. The van der Waals surface area contributed by atoms with Crippen LogP contribution in [0.15, 0.2) is 55.0 Å². The van der Waals surface area contributed by atoms with E-state index in [9.17, 15) is 9.59 Å². The van der Waals surface area contributed by atoms with Gasteiger partial charge in [-0.1, -0.05) is 38.1 Å². The minimum Gasteiger partial charge on any atom is -0.344 e. The zero-order valence-electron chi connectivity index (χ0n) is 25.6. The van der Waals surface area contributed by atoms with Gasteiger partial charge in [0.2, 0.25) is 5.91 Å². The van der Waals surface area contributed by atoms with Crippen LogP contribution in [0.5, 0.6) is 0 Å². The van der Waals surface area contributed by atoms with E-state index in [1.165, 1.54) is 16.5 Å². The number of aryl methyl sites for hydroxylation is 3. The van der Waals surface area contributed by atoms with Gasteiger partial charge in [0, 0.05) is 37.1 Å². The number of fused-ring (bicyclic) bond motifs is 3. The molecule has 0 unspecified atom stereocenters. The molecule has 0 bridgehead atoms. The Morgan fingerprint density at radius 2 is 1.87 bits per heavy atom. The first-order chi connectivity index (χ1) is 21.8. The van der Waals surface area contributed by atoms with Crippen LogP contribution in [0.2, 0.25) is 0 Å². The number of carbonyl (C=O) groups excluding carboxylic acids is 2. The molecule has 1 aliphatic rings. The minimum absolute atomic E-state index is 0.134. The summed E-state index contributed by atoms with van der Waals surface area (Å²) in [5.41, 5.74) is 7.13. The van der Waals surface area contributed by atoms with E-state index >= 15 is 0 Å². The molecule has 12 heteroatoms. The fourth-order valence-corrected chi connectivity index (χ4v) is 5.44. The monoisotopic (exact) mass is 602 g/mol. The van der Waals surface area contributed by atoms with Gasteiger partial charge in [-0.25, -0.2) is 9.97 Å². The molecule has 5 heterocycles. The Labute approximate surface area is 259 Å². The van der Waals surface area contributed by atoms with Gasteiger partial charge in [0.05, 0.1) is 41.0 Å². The van der Waals surface area contributed by atoms with Crippen molar-refractivity contribution >= 4 is 44.8 Å². The van der Waals surface area contributed by atoms with Crippen molar-refractivity contribution in [2.24, 2.45) is 13.0 Å². The van der Waals surface area contributed by atoms with Gasteiger partial charge in [-0.15, -0.1) is 0 Å². The molecule has 0 aliphatic carbocycles. The molecule has 228 valence electrons. The van der Waals surface area contributed by atoms with E-state index in [1.807, 2.05) is 24.0 Å². The SMILES string of the molecule is CCc1ccc2c(-c3cnc4[nH]cc(C(=O)N[C@H](C)C(=O)N5CC(C#N)C5)c4n3)nn(C)c2c1.CCc1ccc2cn[nH]c2c1. The predicted molar refractivity (Wildman–Crippen MR) is 171 cm³/mol. The summed E-state index contributed by atoms with van der Waals surface area (Å²) in [6, 6.07) is 14.0. The molecule has 6 aromatic rings. The number of nitrogens with one attached hydrogen (secondary N) is 3. The molecule has 45 heavy (non-hydrogen) atoms. The highest BCUT2D eigenvalue weighted by atomic mass is 16.2. The summed E-state index contributed by atoms with van der Waals surface area (Å²) in [5.74, 6) is -0.766. The summed E-state index contributed by atoms with van der Waals surface area (Å²) in [5, 5.41) is 25.3. The summed E-state index contributed by atoms with van der Waals surface area (Å²) in [7, 11) is 1.89. The van der Waals surface area contributed by atoms with E-state index in [-0.39, 0.29) is 11.8 Å². The maximum Gasteiger partial charge on any atom is 0.255 e. The second-order valence-corrected chi connectivity index (χ2v) is 11.2. The molecule has 1 saturated heterocycles. The van der Waals surface area contributed by atoms with Crippen molar-refractivity contribution in [2.75, 3.05) is 13.1 Å². The second-order valence-electron chi connectivity index (χ2n) is 11.2. The first-order valence-corrected chi connectivity index (χ1v) is 15.0. The lowest BCUT2D eigenvalue weighted by Crippen LogP contribution is -2.55. The molecular formula is C33H34N10O2. The highest BCUT2D eigenvalue weighted by molar-refractivity contribution is 6.06. The molecule has 0 spiro atoms. The molecule has 12 nitrogen and oxygen atoms in total. The third-order valence-electron chi connectivity index (χ3n) is 8.20. The van der Waals surface area contributed by atoms with Crippen LogP contribution in [0.3, 0.4) is 0 Å². The van der Waals surface area contributed by atoms with Crippen molar-refractivity contribution in [3.63, 3.8) is 0 Å². The van der Waals surface area contributed by atoms with Gasteiger partial charge in [-0.05, 0) is 43.0 Å². The minimum atomic E-state index is -0.722. The highest BCUT2D eigenvalue weighted by Gasteiger charge is 2.33. The first-order valence-electron chi connectivity index (χ1n) is 15.0. The van der Waals surface area contributed by atoms with Gasteiger partial charge < -0.3 is 15.2 Å². The molecule has 1 atom stereocenters. The lowest BCUT2D eigenvalue weighted by atomic mass is 10.0. The summed E-state index contributed by atoms with van der Waals surface area (Å²) < 4.78 is 1.82. The normalized spacial score (nSPS) is 13.7. The van der Waals surface area contributed by atoms with E-state index in [0.717, 1.165) is 29.3 Å². The molecular weight excluding hydrogens is 568 g/mol. The fraction of sp³-hybridized carbons (Fsp3) is 0.303. The van der Waals surface area contributed by atoms with Crippen LogP contribution >= 0.6 is 0 Å². The number of aromatic amines is 2. The topological polar surface area (TPSA) is 161 Å². The van der Waals surface area contributed by atoms with Crippen LogP contribution in [0, 0.1) is 17.2 Å². The largest absolute Gasteiger partial charge is 0.344 e. The zero-order valence-corrected chi connectivity index (χ0v) is 25.6. The van der Waals surface area contributed by atoms with Crippen molar-refractivity contribution in [2.45, 2.75) is 39.7 Å². The smallest absolute Gasteiger partial charge is 0.255 e. The lowest BCUT2D eigenvalue weighted by molar-refractivity contribution is -0.137. The van der Waals surface area contributed by atoms with Crippen LogP contribution in [0.25, 0.3) is 44.4 Å². The van der Waals surface area contributed by atoms with Crippen LogP contribution < -0.4 is 5.32 Å². The molecule has 1 aliphatic heterocycles. The molecule has 0 saturated carbocycles. The quantitative estimate of drug-likeness (QED) is 0.256. The highest BCUT2D eigenvalue weighted by Crippen LogP contribution is 2.28. The Morgan fingerprint density at radius 3 is 2.62 bits per heavy atom. The van der Waals surface area contributed by atoms with Crippen molar-refractivity contribution in [3.05, 3.63) is 71.7 Å². The van der Waals surface area contributed by atoms with Gasteiger partial charge in [0.1, 0.15) is 22.9 Å². The Kier molecular flexibility index (Phi) is 8.00. The number of hydrogen-bond donors (Lipinski definition) is 3. The van der Waals surface area contributed by atoms with E-state index in [0.29, 0.717) is 41.2 Å². The number of nitrogens with zero attached hydrogens (tertiary/aromatic N) is 7. The van der Waals surface area contributed by atoms with Gasteiger partial charge in [-0.3, -0.25) is 19.4 Å². The summed E-state index contributed by atoms with van der Waals surface area (Å²) in [4.78, 5) is 39.2. The van der Waals surface area contributed by atoms with E-state index in [4.69, 9.17) is 10.2 Å². The van der Waals surface area contributed by atoms with Crippen molar-refractivity contribution in [1.29, 1.82) is 5.26 Å². The molecule has 2 aromatic carbocycles. The number of nitriles is 1. The second kappa shape index (κ2) is 12.2. The molecule has 7 rings (SSSR count). The summed E-state index contributed by atoms with van der Waals surface area (Å²) in [6.07, 6.45) is 7.03. The van der Waals surface area contributed by atoms with E-state index < -0.39 is 11.9 Å². The Morgan fingerprint density at radius 1 is 1.11 bits per heavy atom. The Balaban J connectivity index is 0.000000272. The van der Waals surface area contributed by atoms with Crippen LogP contribution in [-0.2, 0) is 24.7 Å². The van der Waals surface area contributed by atoms with Crippen LogP contribution in [-0.4, -0.2) is 70.8 Å². The number of aromatic nitrogens is 7. The molecule has 4 aromatic heterocycles. The third kappa shape index (κ3) is 5.72. The van der Waals surface area contributed by atoms with Crippen molar-refractivity contribution < 1.29 is 9.59 Å². The Hall–Kier alpha value is -5.57. The van der Waals surface area contributed by atoms with Gasteiger partial charge in [-0.2, -0.15) is 15.5 Å². The molecule has 2 amide bonds. The standard InChI is InChI=1S/C24H24N8O2.C9H10N2/c1-4-14-5-6-16-19(7-14)31(3)30-20(16)18-10-27-22-21(29-18)17(9-26-22)23(33)28-13(2)24(34)32-11-15(8-25)12-32;1-2-7-3-4-8-6-10-11-9(8)5-7/h5-7,9-10,13,15H,4,11-12H2,1-3H3,(H,26,27)(H,28,33);3-6H,2H2,1H3,(H,10,11)/t13-;/m1./s1. The maximum absolute atomic E-state index is 13.0. The molecule has 3 N–H and O–H groups in total. The number of rotatable bonds is 6. The number of amides is 2. The number of likely N-dealkylation sites (tertiary alicyclic amines) is 1. The predicted octanol–water partition coefficient (Wildman–Crippen LogP) is 4.30. The molecule has 1 fully saturated rings. The number of H-pyrrole nitrogens is 2. The average Bonchev–Trinajstić information content (AvgIpc) is 3.77.